The molecule has 0 radical (unpaired) electrons. The molecule has 2 rings (SSSR count). The molecule has 0 spiro atoms. The summed E-state index contributed by atoms with van der Waals surface area (Å²) >= 11 is 0. The average molecular weight is 313 g/mol. The minimum Gasteiger partial charge on any atom is -0.385 e. The molecule has 2 aliphatic heterocycles. The Bertz CT molecular complexity index is 345. The molecule has 5 nitrogen and oxygen atoms in total. The zero-order valence-electron chi connectivity index (χ0n) is 14.3. The number of carbonyl (C=O) groups is 1. The van der Waals surface area contributed by atoms with E-state index in [1.165, 1.54) is 0 Å². The van der Waals surface area contributed by atoms with Gasteiger partial charge in [0.15, 0.2) is 0 Å². The van der Waals surface area contributed by atoms with Crippen molar-refractivity contribution in [1.82, 2.24) is 4.90 Å². The summed E-state index contributed by atoms with van der Waals surface area (Å²) in [6.45, 7) is 7.81. The van der Waals surface area contributed by atoms with Gasteiger partial charge in [-0.25, -0.2) is 0 Å². The second-order valence-electron chi connectivity index (χ2n) is 7.09. The highest BCUT2D eigenvalue weighted by Gasteiger charge is 2.34. The monoisotopic (exact) mass is 313 g/mol. The van der Waals surface area contributed by atoms with Crippen LogP contribution in [0, 0.1) is 5.41 Å². The third-order valence-corrected chi connectivity index (χ3v) is 4.78. The molecule has 1 amide bonds. The highest BCUT2D eigenvalue weighted by molar-refractivity contribution is 5.82. The molecule has 0 aromatic rings. The summed E-state index contributed by atoms with van der Waals surface area (Å²) in [6.07, 6.45) is 5.45. The fourth-order valence-corrected chi connectivity index (χ4v) is 3.14. The number of methoxy groups -OCH3 is 1. The molecule has 2 aliphatic rings. The van der Waals surface area contributed by atoms with E-state index in [1.807, 2.05) is 18.7 Å². The molecule has 0 bridgehead atoms. The van der Waals surface area contributed by atoms with Gasteiger partial charge in [-0.2, -0.15) is 0 Å². The minimum absolute atomic E-state index is 0.238. The SMILES string of the molecule is COCCC(C)(C)C(=O)N1CCC(OC[C@H]2CCCO2)CC1. The van der Waals surface area contributed by atoms with Crippen molar-refractivity contribution < 1.29 is 19.0 Å². The van der Waals surface area contributed by atoms with E-state index in [2.05, 4.69) is 0 Å². The molecule has 2 fully saturated rings. The maximum atomic E-state index is 12.6. The van der Waals surface area contributed by atoms with Crippen molar-refractivity contribution in [2.75, 3.05) is 40.0 Å². The number of carbonyl (C=O) groups excluding carboxylic acids is 1. The summed E-state index contributed by atoms with van der Waals surface area (Å²) < 4.78 is 16.7. The van der Waals surface area contributed by atoms with Gasteiger partial charge in [0.2, 0.25) is 5.91 Å². The highest BCUT2D eigenvalue weighted by atomic mass is 16.5. The normalized spacial score (nSPS) is 24.0. The number of rotatable bonds is 7. The number of hydrogen-bond acceptors (Lipinski definition) is 4. The van der Waals surface area contributed by atoms with Gasteiger partial charge in [-0.1, -0.05) is 13.8 Å². The van der Waals surface area contributed by atoms with Crippen molar-refractivity contribution in [1.29, 1.82) is 0 Å². The number of amides is 1. The lowest BCUT2D eigenvalue weighted by Gasteiger charge is -2.37. The average Bonchev–Trinajstić information content (AvgIpc) is 3.04. The topological polar surface area (TPSA) is 48.0 Å². The summed E-state index contributed by atoms with van der Waals surface area (Å²) in [6, 6.07) is 0. The van der Waals surface area contributed by atoms with E-state index in [0.29, 0.717) is 13.2 Å². The molecule has 0 aliphatic carbocycles. The van der Waals surface area contributed by atoms with Crippen molar-refractivity contribution in [3.05, 3.63) is 0 Å². The number of likely N-dealkylation sites (tertiary alicyclic amines) is 1. The van der Waals surface area contributed by atoms with Crippen LogP contribution in [0.25, 0.3) is 0 Å². The summed E-state index contributed by atoms with van der Waals surface area (Å²) in [5, 5.41) is 0. The molecule has 2 saturated heterocycles. The Balaban J connectivity index is 1.70. The van der Waals surface area contributed by atoms with E-state index in [1.54, 1.807) is 7.11 Å². The molecule has 0 unspecified atom stereocenters. The van der Waals surface area contributed by atoms with Crippen molar-refractivity contribution in [2.24, 2.45) is 5.41 Å². The summed E-state index contributed by atoms with van der Waals surface area (Å²) in [7, 11) is 1.68. The maximum absolute atomic E-state index is 12.6. The first-order chi connectivity index (χ1) is 10.5. The Morgan fingerprint density at radius 2 is 2.00 bits per heavy atom. The zero-order chi connectivity index (χ0) is 16.0. The Labute approximate surface area is 134 Å². The number of hydrogen-bond donors (Lipinski definition) is 0. The first-order valence-corrected chi connectivity index (χ1v) is 8.54. The summed E-state index contributed by atoms with van der Waals surface area (Å²) in [5.41, 5.74) is -0.346. The zero-order valence-corrected chi connectivity index (χ0v) is 14.3. The van der Waals surface area contributed by atoms with Gasteiger partial charge in [0.25, 0.3) is 0 Å². The van der Waals surface area contributed by atoms with Crippen LogP contribution in [0.15, 0.2) is 0 Å². The standard InChI is InChI=1S/C17H31NO4/c1-17(2,8-12-20-3)16(19)18-9-6-14(7-10-18)22-13-15-5-4-11-21-15/h14-15H,4-13H2,1-3H3/t15-/m1/s1. The molecule has 0 aromatic heterocycles. The van der Waals surface area contributed by atoms with Crippen molar-refractivity contribution in [2.45, 2.75) is 58.2 Å². The lowest BCUT2D eigenvalue weighted by molar-refractivity contribution is -0.144. The van der Waals surface area contributed by atoms with Gasteiger partial charge in [0.1, 0.15) is 0 Å². The van der Waals surface area contributed by atoms with Gasteiger partial charge in [0, 0.05) is 38.8 Å². The first kappa shape index (κ1) is 17.7. The number of piperidine rings is 1. The minimum atomic E-state index is -0.346. The van der Waals surface area contributed by atoms with Gasteiger partial charge in [0.05, 0.1) is 18.8 Å². The number of ether oxygens (including phenoxy) is 3. The molecule has 22 heavy (non-hydrogen) atoms. The van der Waals surface area contributed by atoms with E-state index >= 15 is 0 Å². The lowest BCUT2D eigenvalue weighted by Crippen LogP contribution is -2.47. The summed E-state index contributed by atoms with van der Waals surface area (Å²) in [4.78, 5) is 14.6. The van der Waals surface area contributed by atoms with E-state index < -0.39 is 0 Å². The third kappa shape index (κ3) is 4.93. The van der Waals surface area contributed by atoms with Gasteiger partial charge in [-0.05, 0) is 32.1 Å². The second kappa shape index (κ2) is 8.27. The van der Waals surface area contributed by atoms with Crippen LogP contribution in [0.5, 0.6) is 0 Å². The van der Waals surface area contributed by atoms with Gasteiger partial charge in [-0.3, -0.25) is 4.79 Å². The van der Waals surface area contributed by atoms with Crippen LogP contribution in [0.3, 0.4) is 0 Å². The predicted octanol–water partition coefficient (Wildman–Crippen LogP) is 2.24. The molecule has 5 heteroatoms. The van der Waals surface area contributed by atoms with Crippen molar-refractivity contribution in [3.8, 4) is 0 Å². The highest BCUT2D eigenvalue weighted by Crippen LogP contribution is 2.26. The van der Waals surface area contributed by atoms with Crippen LogP contribution < -0.4 is 0 Å². The van der Waals surface area contributed by atoms with Crippen LogP contribution in [-0.2, 0) is 19.0 Å². The molecule has 1 atom stereocenters. The molecular weight excluding hydrogens is 282 g/mol. The van der Waals surface area contributed by atoms with Crippen LogP contribution in [-0.4, -0.2) is 63.0 Å². The maximum Gasteiger partial charge on any atom is 0.228 e. The second-order valence-corrected chi connectivity index (χ2v) is 7.09. The predicted molar refractivity (Wildman–Crippen MR) is 84.8 cm³/mol. The molecule has 128 valence electrons. The third-order valence-electron chi connectivity index (χ3n) is 4.78. The largest absolute Gasteiger partial charge is 0.385 e. The van der Waals surface area contributed by atoms with E-state index in [0.717, 1.165) is 51.8 Å². The summed E-state index contributed by atoms with van der Waals surface area (Å²) in [5.74, 6) is 0.238. The van der Waals surface area contributed by atoms with Crippen molar-refractivity contribution >= 4 is 5.91 Å². The Morgan fingerprint density at radius 3 is 2.59 bits per heavy atom. The van der Waals surface area contributed by atoms with Crippen LogP contribution in [0.1, 0.15) is 46.0 Å². The molecule has 0 aromatic carbocycles. The van der Waals surface area contributed by atoms with Gasteiger partial charge < -0.3 is 19.1 Å². The molecule has 0 saturated carbocycles. The van der Waals surface area contributed by atoms with Crippen LogP contribution in [0.2, 0.25) is 0 Å². The van der Waals surface area contributed by atoms with Gasteiger partial charge in [-0.15, -0.1) is 0 Å². The molecule has 0 N–H and O–H groups in total. The smallest absolute Gasteiger partial charge is 0.228 e. The van der Waals surface area contributed by atoms with E-state index in [-0.39, 0.29) is 23.5 Å². The van der Waals surface area contributed by atoms with Crippen molar-refractivity contribution in [3.63, 3.8) is 0 Å². The fraction of sp³-hybridized carbons (Fsp3) is 0.941. The van der Waals surface area contributed by atoms with E-state index in [9.17, 15) is 4.79 Å². The molecule has 2 heterocycles. The Kier molecular flexibility index (Phi) is 6.66. The lowest BCUT2D eigenvalue weighted by atomic mass is 9.87. The molecular formula is C17H31NO4. The fourth-order valence-electron chi connectivity index (χ4n) is 3.14. The quantitative estimate of drug-likeness (QED) is 0.723. The number of nitrogens with zero attached hydrogens (tertiary/aromatic N) is 1. The Hall–Kier alpha value is -0.650. The first-order valence-electron chi connectivity index (χ1n) is 8.54. The van der Waals surface area contributed by atoms with E-state index in [4.69, 9.17) is 14.2 Å². The Morgan fingerprint density at radius 1 is 1.27 bits per heavy atom. The van der Waals surface area contributed by atoms with Crippen LogP contribution in [0.4, 0.5) is 0 Å². The van der Waals surface area contributed by atoms with Crippen LogP contribution >= 0.6 is 0 Å². The van der Waals surface area contributed by atoms with Gasteiger partial charge >= 0.3 is 0 Å².